The van der Waals surface area contributed by atoms with Gasteiger partial charge in [-0.15, -0.1) is 0 Å². The fourth-order valence-electron chi connectivity index (χ4n) is 1.87. The van der Waals surface area contributed by atoms with Crippen LogP contribution in [0.4, 0.5) is 5.69 Å². The molecule has 0 spiro atoms. The highest BCUT2D eigenvalue weighted by Gasteiger charge is 2.14. The van der Waals surface area contributed by atoms with Crippen LogP contribution < -0.4 is 10.5 Å². The number of nitro groups is 1. The van der Waals surface area contributed by atoms with E-state index < -0.39 is 4.92 Å². The van der Waals surface area contributed by atoms with Gasteiger partial charge in [-0.1, -0.05) is 6.07 Å². The molecule has 0 amide bonds. The number of amidine groups is 1. The Bertz CT molecular complexity index is 731. The van der Waals surface area contributed by atoms with E-state index in [4.69, 9.17) is 15.9 Å². The molecule has 0 fully saturated rings. The van der Waals surface area contributed by atoms with Gasteiger partial charge in [0.2, 0.25) is 0 Å². The van der Waals surface area contributed by atoms with Gasteiger partial charge in [0.1, 0.15) is 17.3 Å². The molecule has 7 heteroatoms. The quantitative estimate of drug-likeness (QED) is 0.379. The number of halogens is 1. The van der Waals surface area contributed by atoms with Crippen molar-refractivity contribution in [2.75, 3.05) is 0 Å². The zero-order valence-electron chi connectivity index (χ0n) is 11.1. The number of hydrogen-bond donors (Lipinski definition) is 2. The number of aryl methyl sites for hydroxylation is 1. The molecular weight excluding hydrogens is 338 g/mol. The van der Waals surface area contributed by atoms with Crippen LogP contribution in [0.2, 0.25) is 0 Å². The summed E-state index contributed by atoms with van der Waals surface area (Å²) in [6, 6.07) is 9.65. The monoisotopic (exact) mass is 349 g/mol. The zero-order chi connectivity index (χ0) is 15.6. The van der Waals surface area contributed by atoms with E-state index in [1.807, 2.05) is 0 Å². The maximum atomic E-state index is 10.8. The van der Waals surface area contributed by atoms with Gasteiger partial charge < -0.3 is 10.5 Å². The summed E-state index contributed by atoms with van der Waals surface area (Å²) in [5.41, 5.74) is 6.51. The maximum absolute atomic E-state index is 10.8. The minimum atomic E-state index is -0.445. The van der Waals surface area contributed by atoms with Crippen LogP contribution in [0, 0.1) is 22.4 Å². The number of nitrogen functional groups attached to an aromatic ring is 1. The van der Waals surface area contributed by atoms with E-state index >= 15 is 0 Å². The molecule has 0 bridgehead atoms. The number of hydrogen-bond acceptors (Lipinski definition) is 4. The van der Waals surface area contributed by atoms with Crippen LogP contribution in [0.3, 0.4) is 0 Å². The zero-order valence-corrected chi connectivity index (χ0v) is 12.7. The predicted molar refractivity (Wildman–Crippen MR) is 83.1 cm³/mol. The van der Waals surface area contributed by atoms with E-state index in [1.165, 1.54) is 12.1 Å². The largest absolute Gasteiger partial charge is 0.457 e. The molecule has 21 heavy (non-hydrogen) atoms. The highest BCUT2D eigenvalue weighted by molar-refractivity contribution is 9.10. The summed E-state index contributed by atoms with van der Waals surface area (Å²) in [4.78, 5) is 10.3. The Balaban J connectivity index is 2.39. The summed E-state index contributed by atoms with van der Waals surface area (Å²) in [5, 5.41) is 18.4. The summed E-state index contributed by atoms with van der Waals surface area (Å²) in [6.45, 7) is 1.64. The second kappa shape index (κ2) is 5.92. The van der Waals surface area contributed by atoms with E-state index in [0.717, 1.165) is 0 Å². The van der Waals surface area contributed by atoms with E-state index in [2.05, 4.69) is 15.9 Å². The summed E-state index contributed by atoms with van der Waals surface area (Å²) >= 11 is 3.32. The van der Waals surface area contributed by atoms with Crippen LogP contribution in [0.15, 0.2) is 40.9 Å². The highest BCUT2D eigenvalue weighted by atomic mass is 79.9. The minimum Gasteiger partial charge on any atom is -0.457 e. The van der Waals surface area contributed by atoms with Crippen LogP contribution in [-0.4, -0.2) is 10.8 Å². The summed E-state index contributed by atoms with van der Waals surface area (Å²) < 4.78 is 6.34. The molecule has 0 heterocycles. The summed E-state index contributed by atoms with van der Waals surface area (Å²) in [7, 11) is 0. The molecule has 6 nitrogen and oxygen atoms in total. The van der Waals surface area contributed by atoms with Crippen molar-refractivity contribution in [3.63, 3.8) is 0 Å². The van der Waals surface area contributed by atoms with E-state index in [1.54, 1.807) is 31.2 Å². The molecule has 0 aliphatic carbocycles. The minimum absolute atomic E-state index is 0.0309. The molecule has 0 aliphatic heterocycles. The van der Waals surface area contributed by atoms with Gasteiger partial charge in [-0.25, -0.2) is 0 Å². The summed E-state index contributed by atoms with van der Waals surface area (Å²) in [6.07, 6.45) is 0. The molecule has 0 aliphatic rings. The van der Waals surface area contributed by atoms with Crippen molar-refractivity contribution in [2.24, 2.45) is 5.73 Å². The molecule has 0 saturated heterocycles. The highest BCUT2D eigenvalue weighted by Crippen LogP contribution is 2.32. The second-order valence-corrected chi connectivity index (χ2v) is 5.19. The Labute approximate surface area is 129 Å². The Morgan fingerprint density at radius 2 is 2.10 bits per heavy atom. The normalized spacial score (nSPS) is 10.2. The number of nitrogens with one attached hydrogen (secondary N) is 1. The molecule has 0 saturated carbocycles. The van der Waals surface area contributed by atoms with Crippen LogP contribution in [0.1, 0.15) is 11.1 Å². The fraction of sp³-hybridized carbons (Fsp3) is 0.0714. The van der Waals surface area contributed by atoms with Gasteiger partial charge in [-0.3, -0.25) is 15.5 Å². The lowest BCUT2D eigenvalue weighted by atomic mass is 10.1. The third-order valence-electron chi connectivity index (χ3n) is 2.84. The Morgan fingerprint density at radius 1 is 1.38 bits per heavy atom. The Morgan fingerprint density at radius 3 is 2.67 bits per heavy atom. The Kier molecular flexibility index (Phi) is 4.23. The van der Waals surface area contributed by atoms with Gasteiger partial charge in [0.05, 0.1) is 10.5 Å². The molecule has 0 aromatic heterocycles. The predicted octanol–water partition coefficient (Wildman–Crippen LogP) is 3.74. The SMILES string of the molecule is Cc1cc(Oc2cccc(Br)c2C(=N)N)ccc1[N+](=O)[O-]. The lowest BCUT2D eigenvalue weighted by Crippen LogP contribution is -2.13. The number of nitrogens with two attached hydrogens (primary N) is 1. The van der Waals surface area contributed by atoms with Crippen molar-refractivity contribution in [2.45, 2.75) is 6.92 Å². The van der Waals surface area contributed by atoms with Gasteiger partial charge >= 0.3 is 0 Å². The van der Waals surface area contributed by atoms with Crippen molar-refractivity contribution >= 4 is 27.5 Å². The van der Waals surface area contributed by atoms with Gasteiger partial charge in [-0.2, -0.15) is 0 Å². The van der Waals surface area contributed by atoms with Crippen LogP contribution >= 0.6 is 15.9 Å². The molecule has 3 N–H and O–H groups in total. The topological polar surface area (TPSA) is 102 Å². The van der Waals surface area contributed by atoms with E-state index in [9.17, 15) is 10.1 Å². The second-order valence-electron chi connectivity index (χ2n) is 4.33. The van der Waals surface area contributed by atoms with Gasteiger partial charge in [0, 0.05) is 16.1 Å². The first kappa shape index (κ1) is 15.0. The van der Waals surface area contributed by atoms with Crippen LogP contribution in [-0.2, 0) is 0 Å². The lowest BCUT2D eigenvalue weighted by Gasteiger charge is -2.12. The molecular formula is C14H12BrN3O3. The molecule has 0 atom stereocenters. The smallest absolute Gasteiger partial charge is 0.272 e. The third-order valence-corrected chi connectivity index (χ3v) is 3.50. The van der Waals surface area contributed by atoms with Crippen molar-refractivity contribution in [3.8, 4) is 11.5 Å². The van der Waals surface area contributed by atoms with Crippen LogP contribution in [0.5, 0.6) is 11.5 Å². The first-order chi connectivity index (χ1) is 9.90. The van der Waals surface area contributed by atoms with E-state index in [-0.39, 0.29) is 11.5 Å². The number of rotatable bonds is 4. The average Bonchev–Trinajstić information content (AvgIpc) is 2.37. The van der Waals surface area contributed by atoms with Gasteiger partial charge in [-0.05, 0) is 47.1 Å². The number of benzene rings is 2. The number of nitro benzene ring substituents is 1. The fourth-order valence-corrected chi connectivity index (χ4v) is 2.44. The van der Waals surface area contributed by atoms with Gasteiger partial charge in [0.15, 0.2) is 0 Å². The third kappa shape index (κ3) is 3.19. The van der Waals surface area contributed by atoms with Gasteiger partial charge in [0.25, 0.3) is 5.69 Å². The molecule has 0 radical (unpaired) electrons. The van der Waals surface area contributed by atoms with Crippen molar-refractivity contribution in [3.05, 3.63) is 62.1 Å². The van der Waals surface area contributed by atoms with E-state index in [0.29, 0.717) is 27.1 Å². The number of ether oxygens (including phenoxy) is 1. The standard InChI is InChI=1S/C14H12BrN3O3/c1-8-7-9(5-6-11(8)18(19)20)21-12-4-2-3-10(15)13(12)14(16)17/h2-7H,1H3,(H3,16,17). The van der Waals surface area contributed by atoms with Crippen molar-refractivity contribution < 1.29 is 9.66 Å². The molecule has 2 rings (SSSR count). The average molecular weight is 350 g/mol. The molecule has 108 valence electrons. The van der Waals surface area contributed by atoms with Crippen molar-refractivity contribution in [1.82, 2.24) is 0 Å². The summed E-state index contributed by atoms with van der Waals surface area (Å²) in [5.74, 6) is 0.722. The molecule has 2 aromatic carbocycles. The van der Waals surface area contributed by atoms with Crippen molar-refractivity contribution in [1.29, 1.82) is 5.41 Å². The molecule has 2 aromatic rings. The lowest BCUT2D eigenvalue weighted by molar-refractivity contribution is -0.385. The van der Waals surface area contributed by atoms with Crippen LogP contribution in [0.25, 0.3) is 0 Å². The number of nitrogens with zero attached hydrogens (tertiary/aromatic N) is 1. The first-order valence-corrected chi connectivity index (χ1v) is 6.75. The molecule has 0 unspecified atom stereocenters. The first-order valence-electron chi connectivity index (χ1n) is 5.96. The maximum Gasteiger partial charge on any atom is 0.272 e. The Hall–Kier alpha value is -2.41.